The van der Waals surface area contributed by atoms with Gasteiger partial charge in [-0.1, -0.05) is 11.6 Å². The van der Waals surface area contributed by atoms with Gasteiger partial charge in [-0.05, 0) is 38.1 Å². The highest BCUT2D eigenvalue weighted by atomic mass is 35.5. The van der Waals surface area contributed by atoms with Crippen LogP contribution in [0.2, 0.25) is 5.02 Å². The second-order valence-electron chi connectivity index (χ2n) is 6.56. The Morgan fingerprint density at radius 1 is 1.22 bits per heavy atom. The summed E-state index contributed by atoms with van der Waals surface area (Å²) in [4.78, 5) is 48.7. The van der Waals surface area contributed by atoms with Crippen molar-refractivity contribution in [1.82, 2.24) is 21.1 Å². The zero-order chi connectivity index (χ0) is 19.8. The average Bonchev–Trinajstić information content (AvgIpc) is 3.09. The Bertz CT molecular complexity index is 952. The van der Waals surface area contributed by atoms with Crippen LogP contribution in [0.1, 0.15) is 30.8 Å². The van der Waals surface area contributed by atoms with Crippen LogP contribution >= 0.6 is 11.6 Å². The molecule has 0 spiro atoms. The summed E-state index contributed by atoms with van der Waals surface area (Å²) in [7, 11) is 0. The van der Waals surface area contributed by atoms with Crippen LogP contribution in [0.3, 0.4) is 0 Å². The molecule has 2 aromatic rings. The van der Waals surface area contributed by atoms with E-state index in [0.29, 0.717) is 16.0 Å². The lowest BCUT2D eigenvalue weighted by Gasteiger charge is -2.15. The molecule has 0 atom stereocenters. The van der Waals surface area contributed by atoms with E-state index in [1.165, 1.54) is 6.07 Å². The summed E-state index contributed by atoms with van der Waals surface area (Å²) >= 11 is 5.88. The number of imide groups is 1. The molecule has 10 heteroatoms. The molecule has 1 fully saturated rings. The first-order valence-electron chi connectivity index (χ1n) is 8.10. The summed E-state index contributed by atoms with van der Waals surface area (Å²) in [5.41, 5.74) is 3.93. The Balaban J connectivity index is 1.52. The third-order valence-corrected chi connectivity index (χ3v) is 4.26. The molecule has 0 saturated carbocycles. The minimum Gasteiger partial charge on any atom is -0.451 e. The van der Waals surface area contributed by atoms with Crippen LogP contribution in [0.4, 0.5) is 4.79 Å². The molecule has 1 aliphatic heterocycles. The highest BCUT2D eigenvalue weighted by Gasteiger charge is 2.43. The summed E-state index contributed by atoms with van der Waals surface area (Å²) < 4.78 is 5.38. The van der Waals surface area contributed by atoms with Crippen molar-refractivity contribution < 1.29 is 23.6 Å². The van der Waals surface area contributed by atoms with Crippen LogP contribution in [0.25, 0.3) is 11.0 Å². The van der Waals surface area contributed by atoms with Gasteiger partial charge in [0.15, 0.2) is 5.76 Å². The van der Waals surface area contributed by atoms with Gasteiger partial charge in [0.25, 0.3) is 5.91 Å². The van der Waals surface area contributed by atoms with Gasteiger partial charge in [-0.2, -0.15) is 0 Å². The number of rotatable bonds is 4. The fourth-order valence-corrected chi connectivity index (χ4v) is 2.79. The van der Waals surface area contributed by atoms with E-state index in [9.17, 15) is 19.2 Å². The van der Waals surface area contributed by atoms with Gasteiger partial charge in [0.2, 0.25) is 5.91 Å². The minimum absolute atomic E-state index is 0.00316. The highest BCUT2D eigenvalue weighted by Crippen LogP contribution is 2.23. The highest BCUT2D eigenvalue weighted by molar-refractivity contribution is 6.31. The maximum Gasteiger partial charge on any atom is 0.325 e. The standard InChI is InChI=1S/C17H17ClN4O5/c1-17(2)15(25)22(16(26)19-17)6-5-13(23)20-21-14(24)12-8-9-7-10(18)3-4-11(9)27-12/h3-4,7-8H,5-6H2,1-2H3,(H,19,26)(H,20,23)(H,21,24). The minimum atomic E-state index is -0.994. The van der Waals surface area contributed by atoms with Gasteiger partial charge in [-0.25, -0.2) is 4.79 Å². The Morgan fingerprint density at radius 2 is 1.96 bits per heavy atom. The number of amides is 5. The number of hydrogen-bond acceptors (Lipinski definition) is 5. The molecule has 1 aliphatic rings. The first-order valence-corrected chi connectivity index (χ1v) is 8.47. The molecule has 142 valence electrons. The third kappa shape index (κ3) is 3.87. The van der Waals surface area contributed by atoms with E-state index in [-0.39, 0.29) is 18.7 Å². The SMILES string of the molecule is CC1(C)NC(=O)N(CCC(=O)NNC(=O)c2cc3cc(Cl)ccc3o2)C1=O. The Morgan fingerprint density at radius 3 is 2.63 bits per heavy atom. The summed E-state index contributed by atoms with van der Waals surface area (Å²) in [6.45, 7) is 3.06. The molecule has 27 heavy (non-hydrogen) atoms. The number of hydrazine groups is 1. The van der Waals surface area contributed by atoms with Gasteiger partial charge >= 0.3 is 11.9 Å². The second-order valence-corrected chi connectivity index (χ2v) is 6.99. The van der Waals surface area contributed by atoms with Crippen molar-refractivity contribution in [1.29, 1.82) is 0 Å². The van der Waals surface area contributed by atoms with Crippen molar-refractivity contribution in [2.24, 2.45) is 0 Å². The van der Waals surface area contributed by atoms with Crippen LogP contribution in [0.15, 0.2) is 28.7 Å². The molecule has 0 radical (unpaired) electrons. The molecule has 2 heterocycles. The Kier molecular flexibility index (Phi) is 4.79. The van der Waals surface area contributed by atoms with Crippen molar-refractivity contribution in [2.75, 3.05) is 6.54 Å². The zero-order valence-corrected chi connectivity index (χ0v) is 15.3. The molecular formula is C17H17ClN4O5. The smallest absolute Gasteiger partial charge is 0.325 e. The Labute approximate surface area is 159 Å². The number of carbonyl (C=O) groups is 4. The topological polar surface area (TPSA) is 121 Å². The average molecular weight is 393 g/mol. The summed E-state index contributed by atoms with van der Waals surface area (Å²) in [5.74, 6) is -1.62. The summed E-state index contributed by atoms with van der Waals surface area (Å²) in [6, 6.07) is 5.86. The van der Waals surface area contributed by atoms with E-state index in [1.54, 1.807) is 32.0 Å². The van der Waals surface area contributed by atoms with Gasteiger partial charge in [-0.15, -0.1) is 0 Å². The fourth-order valence-electron chi connectivity index (χ4n) is 2.61. The van der Waals surface area contributed by atoms with Gasteiger partial charge in [0.05, 0.1) is 0 Å². The van der Waals surface area contributed by atoms with E-state index in [4.69, 9.17) is 16.0 Å². The molecule has 1 saturated heterocycles. The molecule has 3 rings (SSSR count). The second kappa shape index (κ2) is 6.92. The number of carbonyl (C=O) groups excluding carboxylic acids is 4. The maximum absolute atomic E-state index is 12.1. The van der Waals surface area contributed by atoms with E-state index < -0.39 is 29.3 Å². The van der Waals surface area contributed by atoms with E-state index >= 15 is 0 Å². The maximum atomic E-state index is 12.1. The van der Waals surface area contributed by atoms with Gasteiger partial charge in [0, 0.05) is 23.4 Å². The summed E-state index contributed by atoms with van der Waals surface area (Å²) in [5, 5.41) is 3.68. The molecule has 1 aromatic carbocycles. The molecule has 9 nitrogen and oxygen atoms in total. The van der Waals surface area contributed by atoms with E-state index in [0.717, 1.165) is 4.90 Å². The number of nitrogens with zero attached hydrogens (tertiary/aromatic N) is 1. The molecule has 5 amide bonds. The lowest BCUT2D eigenvalue weighted by atomic mass is 10.1. The van der Waals surface area contributed by atoms with E-state index in [2.05, 4.69) is 16.2 Å². The number of furan rings is 1. The number of hydrogen-bond donors (Lipinski definition) is 3. The van der Waals surface area contributed by atoms with Gasteiger partial charge in [-0.3, -0.25) is 30.1 Å². The monoisotopic (exact) mass is 392 g/mol. The first-order chi connectivity index (χ1) is 12.7. The quantitative estimate of drug-likeness (QED) is 0.538. The van der Waals surface area contributed by atoms with Crippen LogP contribution in [-0.4, -0.2) is 40.7 Å². The van der Waals surface area contributed by atoms with Crippen LogP contribution in [0, 0.1) is 0 Å². The van der Waals surface area contributed by atoms with Crippen LogP contribution < -0.4 is 16.2 Å². The lowest BCUT2D eigenvalue weighted by Crippen LogP contribution is -2.44. The molecule has 0 bridgehead atoms. The fraction of sp³-hybridized carbons (Fsp3) is 0.294. The number of benzene rings is 1. The molecule has 3 N–H and O–H groups in total. The van der Waals surface area contributed by atoms with Crippen molar-refractivity contribution in [3.05, 3.63) is 35.0 Å². The molecule has 0 unspecified atom stereocenters. The number of halogens is 1. The molecular weight excluding hydrogens is 376 g/mol. The number of nitrogens with one attached hydrogen (secondary N) is 3. The molecule has 0 aliphatic carbocycles. The third-order valence-electron chi connectivity index (χ3n) is 4.02. The van der Waals surface area contributed by atoms with Gasteiger partial charge < -0.3 is 9.73 Å². The van der Waals surface area contributed by atoms with Crippen LogP contribution in [0.5, 0.6) is 0 Å². The van der Waals surface area contributed by atoms with Crippen molar-refractivity contribution in [3.63, 3.8) is 0 Å². The van der Waals surface area contributed by atoms with Crippen LogP contribution in [-0.2, 0) is 9.59 Å². The van der Waals surface area contributed by atoms with Crippen molar-refractivity contribution >= 4 is 46.3 Å². The number of fused-ring (bicyclic) bond motifs is 1. The predicted octanol–water partition coefficient (Wildman–Crippen LogP) is 1.57. The predicted molar refractivity (Wildman–Crippen MR) is 95.8 cm³/mol. The van der Waals surface area contributed by atoms with Gasteiger partial charge in [0.1, 0.15) is 11.1 Å². The van der Waals surface area contributed by atoms with Crippen molar-refractivity contribution in [2.45, 2.75) is 25.8 Å². The number of urea groups is 1. The lowest BCUT2D eigenvalue weighted by molar-refractivity contribution is -0.130. The normalized spacial score (nSPS) is 15.7. The first kappa shape index (κ1) is 18.7. The molecule has 1 aromatic heterocycles. The largest absolute Gasteiger partial charge is 0.451 e. The van der Waals surface area contributed by atoms with E-state index in [1.807, 2.05) is 0 Å². The summed E-state index contributed by atoms with van der Waals surface area (Å²) in [6.07, 6.45) is -0.161. The van der Waals surface area contributed by atoms with Crippen molar-refractivity contribution in [3.8, 4) is 0 Å². The Hall–Kier alpha value is -3.07. The zero-order valence-electron chi connectivity index (χ0n) is 14.6.